The predicted octanol–water partition coefficient (Wildman–Crippen LogP) is 3.54. The predicted molar refractivity (Wildman–Crippen MR) is 90.9 cm³/mol. The molecule has 0 aromatic rings. The van der Waals surface area contributed by atoms with Crippen LogP contribution in [0.5, 0.6) is 0 Å². The molecule has 0 unspecified atom stereocenters. The molecule has 0 heterocycles. The molecule has 0 spiro atoms. The summed E-state index contributed by atoms with van der Waals surface area (Å²) in [5.74, 6) is 1.90. The maximum atomic E-state index is 4.29. The number of nitrogens with one attached hydrogen (secondary N) is 2. The molecule has 0 saturated heterocycles. The minimum atomic E-state index is 0. The molecule has 0 bridgehead atoms. The van der Waals surface area contributed by atoms with Crippen LogP contribution >= 0.6 is 24.0 Å². The van der Waals surface area contributed by atoms with E-state index in [1.54, 1.807) is 0 Å². The number of guanidine groups is 1. The van der Waals surface area contributed by atoms with Crippen molar-refractivity contribution in [1.82, 2.24) is 10.6 Å². The Balaban J connectivity index is 0.00000289. The highest BCUT2D eigenvalue weighted by molar-refractivity contribution is 14.0. The lowest BCUT2D eigenvalue weighted by atomic mass is 9.87. The zero-order chi connectivity index (χ0) is 12.5. The molecule has 108 valence electrons. The Morgan fingerprint density at radius 1 is 1.17 bits per heavy atom. The van der Waals surface area contributed by atoms with Gasteiger partial charge in [-0.1, -0.05) is 26.7 Å². The summed E-state index contributed by atoms with van der Waals surface area (Å²) in [5, 5.41) is 6.94. The van der Waals surface area contributed by atoms with E-state index in [0.29, 0.717) is 6.04 Å². The number of hydrogen-bond donors (Lipinski definition) is 2. The van der Waals surface area contributed by atoms with E-state index in [4.69, 9.17) is 0 Å². The molecule has 0 amide bonds. The highest BCUT2D eigenvalue weighted by Gasteiger charge is 2.18. The summed E-state index contributed by atoms with van der Waals surface area (Å²) >= 11 is 0. The maximum absolute atomic E-state index is 4.29. The van der Waals surface area contributed by atoms with Gasteiger partial charge in [0.05, 0.1) is 0 Å². The lowest BCUT2D eigenvalue weighted by Gasteiger charge is -2.28. The number of rotatable bonds is 5. The largest absolute Gasteiger partial charge is 0.356 e. The van der Waals surface area contributed by atoms with Crippen molar-refractivity contribution in [3.63, 3.8) is 0 Å². The Bertz CT molecular complexity index is 223. The smallest absolute Gasteiger partial charge is 0.191 e. The van der Waals surface area contributed by atoms with Crippen LogP contribution in [-0.2, 0) is 0 Å². The molecule has 1 fully saturated rings. The second-order valence-corrected chi connectivity index (χ2v) is 5.31. The van der Waals surface area contributed by atoms with Crippen molar-refractivity contribution in [2.24, 2.45) is 10.9 Å². The van der Waals surface area contributed by atoms with Gasteiger partial charge in [-0.15, -0.1) is 24.0 Å². The summed E-state index contributed by atoms with van der Waals surface area (Å²) in [5.41, 5.74) is 0. The Morgan fingerprint density at radius 2 is 1.83 bits per heavy atom. The molecule has 1 saturated carbocycles. The Kier molecular flexibility index (Phi) is 10.9. The number of aliphatic imine (C=N–C) groups is 1. The van der Waals surface area contributed by atoms with E-state index in [1.165, 1.54) is 44.9 Å². The zero-order valence-electron chi connectivity index (χ0n) is 12.2. The first kappa shape index (κ1) is 18.0. The molecular weight excluding hydrogens is 337 g/mol. The molecule has 1 rings (SSSR count). The zero-order valence-corrected chi connectivity index (χ0v) is 14.5. The average molecular weight is 367 g/mol. The molecule has 0 radical (unpaired) electrons. The summed E-state index contributed by atoms with van der Waals surface area (Å²) in [4.78, 5) is 4.29. The molecule has 18 heavy (non-hydrogen) atoms. The molecule has 2 N–H and O–H groups in total. The van der Waals surface area contributed by atoms with Crippen LogP contribution in [-0.4, -0.2) is 25.6 Å². The molecule has 0 atom stereocenters. The fourth-order valence-corrected chi connectivity index (χ4v) is 2.37. The first-order valence-electron chi connectivity index (χ1n) is 7.23. The van der Waals surface area contributed by atoms with Crippen molar-refractivity contribution in [1.29, 1.82) is 0 Å². The van der Waals surface area contributed by atoms with Crippen LogP contribution in [0.1, 0.15) is 58.8 Å². The van der Waals surface area contributed by atoms with Gasteiger partial charge in [-0.3, -0.25) is 4.99 Å². The van der Waals surface area contributed by atoms with Crippen molar-refractivity contribution in [3.05, 3.63) is 0 Å². The van der Waals surface area contributed by atoms with Crippen LogP contribution in [0.25, 0.3) is 0 Å². The van der Waals surface area contributed by atoms with Gasteiger partial charge in [0.2, 0.25) is 0 Å². The van der Waals surface area contributed by atoms with Gasteiger partial charge in [-0.25, -0.2) is 0 Å². The SMILES string of the molecule is CCCCCNC(=NC)NC1CCC(C)CC1.I. The van der Waals surface area contributed by atoms with Gasteiger partial charge in [-0.2, -0.15) is 0 Å². The van der Waals surface area contributed by atoms with Gasteiger partial charge in [0.1, 0.15) is 0 Å². The summed E-state index contributed by atoms with van der Waals surface area (Å²) in [7, 11) is 1.86. The third-order valence-corrected chi connectivity index (χ3v) is 3.65. The van der Waals surface area contributed by atoms with E-state index < -0.39 is 0 Å². The van der Waals surface area contributed by atoms with Gasteiger partial charge < -0.3 is 10.6 Å². The topological polar surface area (TPSA) is 36.4 Å². The first-order chi connectivity index (χ1) is 8.26. The molecule has 4 heteroatoms. The Labute approximate surface area is 130 Å². The van der Waals surface area contributed by atoms with Gasteiger partial charge in [0, 0.05) is 19.6 Å². The third-order valence-electron chi connectivity index (χ3n) is 3.65. The standard InChI is InChI=1S/C14H29N3.HI/c1-4-5-6-11-16-14(15-3)17-13-9-7-12(2)8-10-13;/h12-13H,4-11H2,1-3H3,(H2,15,16,17);1H. The summed E-state index contributed by atoms with van der Waals surface area (Å²) in [6.45, 7) is 5.63. The van der Waals surface area contributed by atoms with Crippen molar-refractivity contribution in [2.45, 2.75) is 64.8 Å². The van der Waals surface area contributed by atoms with Gasteiger partial charge >= 0.3 is 0 Å². The van der Waals surface area contributed by atoms with Crippen LogP contribution in [0.15, 0.2) is 4.99 Å². The van der Waals surface area contributed by atoms with Crippen LogP contribution < -0.4 is 10.6 Å². The minimum absolute atomic E-state index is 0. The molecule has 3 nitrogen and oxygen atoms in total. The van der Waals surface area contributed by atoms with Gasteiger partial charge in [0.25, 0.3) is 0 Å². The second kappa shape index (κ2) is 10.9. The minimum Gasteiger partial charge on any atom is -0.356 e. The van der Waals surface area contributed by atoms with Gasteiger partial charge in [-0.05, 0) is 38.0 Å². The highest BCUT2D eigenvalue weighted by atomic mass is 127. The fraction of sp³-hybridized carbons (Fsp3) is 0.929. The fourth-order valence-electron chi connectivity index (χ4n) is 2.37. The van der Waals surface area contributed by atoms with Crippen LogP contribution in [0.3, 0.4) is 0 Å². The molecule has 0 aromatic carbocycles. The van der Waals surface area contributed by atoms with E-state index in [-0.39, 0.29) is 24.0 Å². The number of hydrogen-bond acceptors (Lipinski definition) is 1. The maximum Gasteiger partial charge on any atom is 0.191 e. The van der Waals surface area contributed by atoms with Crippen LogP contribution in [0.2, 0.25) is 0 Å². The molecule has 0 aromatic heterocycles. The van der Waals surface area contributed by atoms with E-state index >= 15 is 0 Å². The molecular formula is C14H30IN3. The quantitative estimate of drug-likeness (QED) is 0.338. The van der Waals surface area contributed by atoms with Crippen molar-refractivity contribution >= 4 is 29.9 Å². The molecule has 0 aliphatic heterocycles. The first-order valence-corrected chi connectivity index (χ1v) is 7.23. The summed E-state index contributed by atoms with van der Waals surface area (Å²) < 4.78 is 0. The van der Waals surface area contributed by atoms with E-state index in [2.05, 4.69) is 29.5 Å². The van der Waals surface area contributed by atoms with E-state index in [9.17, 15) is 0 Å². The Hall–Kier alpha value is 0. The normalized spacial score (nSPS) is 24.3. The average Bonchev–Trinajstić information content (AvgIpc) is 2.35. The van der Waals surface area contributed by atoms with E-state index in [0.717, 1.165) is 18.4 Å². The number of nitrogens with zero attached hydrogens (tertiary/aromatic N) is 1. The Morgan fingerprint density at radius 3 is 2.39 bits per heavy atom. The lowest BCUT2D eigenvalue weighted by Crippen LogP contribution is -2.44. The molecule has 1 aliphatic rings. The lowest BCUT2D eigenvalue weighted by molar-refractivity contribution is 0.329. The van der Waals surface area contributed by atoms with Crippen LogP contribution in [0.4, 0.5) is 0 Å². The summed E-state index contributed by atoms with van der Waals surface area (Å²) in [6.07, 6.45) is 9.08. The molecule has 1 aliphatic carbocycles. The van der Waals surface area contributed by atoms with Crippen molar-refractivity contribution < 1.29 is 0 Å². The monoisotopic (exact) mass is 367 g/mol. The van der Waals surface area contributed by atoms with Crippen molar-refractivity contribution in [3.8, 4) is 0 Å². The third kappa shape index (κ3) is 7.44. The van der Waals surface area contributed by atoms with Gasteiger partial charge in [0.15, 0.2) is 5.96 Å². The van der Waals surface area contributed by atoms with Crippen LogP contribution in [0, 0.1) is 5.92 Å². The number of halogens is 1. The number of unbranched alkanes of at least 4 members (excludes halogenated alkanes) is 2. The van der Waals surface area contributed by atoms with Crippen molar-refractivity contribution in [2.75, 3.05) is 13.6 Å². The van der Waals surface area contributed by atoms with E-state index in [1.807, 2.05) is 7.05 Å². The summed E-state index contributed by atoms with van der Waals surface area (Å²) in [6, 6.07) is 0.628. The highest BCUT2D eigenvalue weighted by Crippen LogP contribution is 2.23. The second-order valence-electron chi connectivity index (χ2n) is 5.31.